The molecule has 0 spiro atoms. The summed E-state index contributed by atoms with van der Waals surface area (Å²) in [6, 6.07) is 16.6. The van der Waals surface area contributed by atoms with Crippen molar-refractivity contribution in [3.8, 4) is 11.8 Å². The molecule has 0 saturated heterocycles. The van der Waals surface area contributed by atoms with Gasteiger partial charge in [0.2, 0.25) is 0 Å². The molecule has 0 amide bonds. The Labute approximate surface area is 128 Å². The Balaban J connectivity index is 2.21. The fraction of sp³-hybridized carbons (Fsp3) is 0.125. The zero-order chi connectivity index (χ0) is 15.1. The van der Waals surface area contributed by atoms with Crippen LogP contribution < -0.4 is 4.74 Å². The van der Waals surface area contributed by atoms with Crippen molar-refractivity contribution in [3.63, 3.8) is 0 Å². The van der Waals surface area contributed by atoms with E-state index in [2.05, 4.69) is 9.99 Å². The third-order valence-corrected chi connectivity index (χ3v) is 2.99. The first-order valence-corrected chi connectivity index (χ1v) is 6.60. The van der Waals surface area contributed by atoms with Crippen LogP contribution in [-0.4, -0.2) is 12.8 Å². The van der Waals surface area contributed by atoms with Crippen molar-refractivity contribution < 1.29 is 9.57 Å². The molecular formula is C16H13ClN2O2. The number of rotatable bonds is 5. The minimum atomic E-state index is 0.211. The summed E-state index contributed by atoms with van der Waals surface area (Å²) in [6.45, 7) is 0.306. The summed E-state index contributed by atoms with van der Waals surface area (Å²) in [4.78, 5) is 4.69. The molecule has 2 aromatic carbocycles. The summed E-state index contributed by atoms with van der Waals surface area (Å²) in [5.74, 6) is 0.666. The zero-order valence-electron chi connectivity index (χ0n) is 11.4. The van der Waals surface area contributed by atoms with Gasteiger partial charge in [-0.15, -0.1) is 0 Å². The van der Waals surface area contributed by atoms with Gasteiger partial charge in [0.25, 0.3) is 0 Å². The van der Waals surface area contributed by atoms with Crippen molar-refractivity contribution in [2.45, 2.75) is 6.61 Å². The maximum absolute atomic E-state index is 9.14. The highest BCUT2D eigenvalue weighted by Crippen LogP contribution is 2.19. The molecule has 0 saturated carbocycles. The number of nitrogens with zero attached hydrogens (tertiary/aromatic N) is 2. The van der Waals surface area contributed by atoms with Crippen LogP contribution in [0.1, 0.15) is 11.1 Å². The maximum atomic E-state index is 9.14. The smallest absolute Gasteiger partial charge is 0.187 e. The largest absolute Gasteiger partial charge is 0.489 e. The summed E-state index contributed by atoms with van der Waals surface area (Å²) >= 11 is 5.91. The summed E-state index contributed by atoms with van der Waals surface area (Å²) in [5, 5.41) is 13.5. The molecule has 2 rings (SSSR count). The van der Waals surface area contributed by atoms with Crippen LogP contribution in [0.3, 0.4) is 0 Å². The highest BCUT2D eigenvalue weighted by molar-refractivity contribution is 6.30. The van der Waals surface area contributed by atoms with Crippen molar-refractivity contribution in [2.75, 3.05) is 7.11 Å². The Morgan fingerprint density at radius 2 is 2.05 bits per heavy atom. The molecule has 0 bridgehead atoms. The molecule has 0 heterocycles. The second kappa shape index (κ2) is 7.32. The first-order valence-electron chi connectivity index (χ1n) is 6.22. The van der Waals surface area contributed by atoms with Gasteiger partial charge in [-0.05, 0) is 23.8 Å². The van der Waals surface area contributed by atoms with Crippen molar-refractivity contribution in [2.24, 2.45) is 5.16 Å². The molecule has 0 unspecified atom stereocenters. The van der Waals surface area contributed by atoms with Crippen LogP contribution in [0.5, 0.6) is 5.75 Å². The van der Waals surface area contributed by atoms with E-state index in [4.69, 9.17) is 21.6 Å². The van der Waals surface area contributed by atoms with E-state index in [1.165, 1.54) is 7.11 Å². The Morgan fingerprint density at radius 3 is 2.76 bits per heavy atom. The zero-order valence-corrected chi connectivity index (χ0v) is 12.2. The van der Waals surface area contributed by atoms with Crippen LogP contribution in [0, 0.1) is 11.3 Å². The topological polar surface area (TPSA) is 54.6 Å². The van der Waals surface area contributed by atoms with E-state index in [1.807, 2.05) is 36.4 Å². The lowest BCUT2D eigenvalue weighted by atomic mass is 10.0. The Kier molecular flexibility index (Phi) is 5.19. The number of hydrogen-bond donors (Lipinski definition) is 0. The van der Waals surface area contributed by atoms with Crippen LogP contribution in [0.4, 0.5) is 0 Å². The van der Waals surface area contributed by atoms with E-state index in [9.17, 15) is 0 Å². The molecule has 0 N–H and O–H groups in total. The number of halogens is 1. The normalized spacial score (nSPS) is 10.8. The predicted octanol–water partition coefficient (Wildman–Crippen LogP) is 3.79. The van der Waals surface area contributed by atoms with Gasteiger partial charge in [0.05, 0.1) is 0 Å². The van der Waals surface area contributed by atoms with Crippen LogP contribution in [0.25, 0.3) is 0 Å². The molecule has 106 valence electrons. The molecular weight excluding hydrogens is 288 g/mol. The maximum Gasteiger partial charge on any atom is 0.187 e. The van der Waals surface area contributed by atoms with Gasteiger partial charge in [-0.1, -0.05) is 47.1 Å². The molecule has 0 radical (unpaired) electrons. The van der Waals surface area contributed by atoms with Crippen LogP contribution >= 0.6 is 11.6 Å². The van der Waals surface area contributed by atoms with Gasteiger partial charge < -0.3 is 9.57 Å². The minimum absolute atomic E-state index is 0.211. The van der Waals surface area contributed by atoms with Crippen molar-refractivity contribution in [1.29, 1.82) is 5.26 Å². The van der Waals surface area contributed by atoms with Gasteiger partial charge in [0, 0.05) is 10.6 Å². The van der Waals surface area contributed by atoms with Gasteiger partial charge in [-0.25, -0.2) is 0 Å². The van der Waals surface area contributed by atoms with Crippen molar-refractivity contribution in [1.82, 2.24) is 0 Å². The molecule has 0 aliphatic rings. The SMILES string of the molecule is CO/N=C(/C#N)c1ccccc1COc1cccc(Cl)c1. The fourth-order valence-electron chi connectivity index (χ4n) is 1.82. The Hall–Kier alpha value is -2.51. The van der Waals surface area contributed by atoms with E-state index < -0.39 is 0 Å². The molecule has 5 heteroatoms. The van der Waals surface area contributed by atoms with Crippen molar-refractivity contribution >= 4 is 17.3 Å². The van der Waals surface area contributed by atoms with Crippen LogP contribution in [-0.2, 0) is 11.4 Å². The number of benzene rings is 2. The lowest BCUT2D eigenvalue weighted by Crippen LogP contribution is -2.06. The highest BCUT2D eigenvalue weighted by Gasteiger charge is 2.10. The molecule has 0 atom stereocenters. The Bertz CT molecular complexity index is 693. The van der Waals surface area contributed by atoms with Gasteiger partial charge >= 0.3 is 0 Å². The summed E-state index contributed by atoms with van der Waals surface area (Å²) in [7, 11) is 1.41. The second-order valence-corrected chi connectivity index (χ2v) is 4.57. The number of ether oxygens (including phenoxy) is 1. The lowest BCUT2D eigenvalue weighted by molar-refractivity contribution is 0.214. The highest BCUT2D eigenvalue weighted by atomic mass is 35.5. The van der Waals surface area contributed by atoms with E-state index in [0.29, 0.717) is 22.9 Å². The third kappa shape index (κ3) is 3.98. The number of hydrogen-bond acceptors (Lipinski definition) is 4. The first-order chi connectivity index (χ1) is 10.2. The van der Waals surface area contributed by atoms with E-state index >= 15 is 0 Å². The quantitative estimate of drug-likeness (QED) is 0.623. The molecule has 2 aromatic rings. The number of oxime groups is 1. The van der Waals surface area contributed by atoms with Gasteiger partial charge in [0.1, 0.15) is 25.5 Å². The number of nitriles is 1. The second-order valence-electron chi connectivity index (χ2n) is 4.14. The fourth-order valence-corrected chi connectivity index (χ4v) is 2.00. The molecule has 0 aliphatic carbocycles. The lowest BCUT2D eigenvalue weighted by Gasteiger charge is -2.10. The van der Waals surface area contributed by atoms with E-state index in [0.717, 1.165) is 5.56 Å². The average Bonchev–Trinajstić information content (AvgIpc) is 2.51. The average molecular weight is 301 g/mol. The van der Waals surface area contributed by atoms with Gasteiger partial charge in [0.15, 0.2) is 5.71 Å². The molecule has 0 aliphatic heterocycles. The monoisotopic (exact) mass is 300 g/mol. The van der Waals surface area contributed by atoms with E-state index in [1.54, 1.807) is 18.2 Å². The van der Waals surface area contributed by atoms with Gasteiger partial charge in [-0.3, -0.25) is 0 Å². The minimum Gasteiger partial charge on any atom is -0.489 e. The van der Waals surface area contributed by atoms with Crippen LogP contribution in [0.15, 0.2) is 53.7 Å². The molecule has 0 fully saturated rings. The molecule has 21 heavy (non-hydrogen) atoms. The summed E-state index contributed by atoms with van der Waals surface area (Å²) in [5.41, 5.74) is 1.74. The molecule has 0 aromatic heterocycles. The summed E-state index contributed by atoms with van der Waals surface area (Å²) in [6.07, 6.45) is 0. The Morgan fingerprint density at radius 1 is 1.24 bits per heavy atom. The van der Waals surface area contributed by atoms with Gasteiger partial charge in [-0.2, -0.15) is 5.26 Å². The predicted molar refractivity (Wildman–Crippen MR) is 81.4 cm³/mol. The first kappa shape index (κ1) is 14.9. The molecule has 4 nitrogen and oxygen atoms in total. The standard InChI is InChI=1S/C16H13ClN2O2/c1-20-19-16(10-18)15-8-3-2-5-12(15)11-21-14-7-4-6-13(17)9-14/h2-9H,11H2,1H3/b19-16-. The van der Waals surface area contributed by atoms with Crippen molar-refractivity contribution in [3.05, 3.63) is 64.7 Å². The van der Waals surface area contributed by atoms with E-state index in [-0.39, 0.29) is 5.71 Å². The summed E-state index contributed by atoms with van der Waals surface area (Å²) < 4.78 is 5.70. The third-order valence-electron chi connectivity index (χ3n) is 2.75. The van der Waals surface area contributed by atoms with Crippen LogP contribution in [0.2, 0.25) is 5.02 Å².